The van der Waals surface area contributed by atoms with E-state index in [-0.39, 0.29) is 6.61 Å². The van der Waals surface area contributed by atoms with Crippen LogP contribution < -0.4 is 5.32 Å². The third-order valence-electron chi connectivity index (χ3n) is 2.49. The van der Waals surface area contributed by atoms with Gasteiger partial charge in [-0.25, -0.2) is 0 Å². The van der Waals surface area contributed by atoms with E-state index in [2.05, 4.69) is 16.1 Å². The number of halogens is 3. The first-order chi connectivity index (χ1) is 7.89. The smallest absolute Gasteiger partial charge is 0.372 e. The highest BCUT2D eigenvalue weighted by molar-refractivity contribution is 5.05. The molecule has 17 heavy (non-hydrogen) atoms. The highest BCUT2D eigenvalue weighted by atomic mass is 19.4. The van der Waals surface area contributed by atoms with Crippen LogP contribution in [0.2, 0.25) is 0 Å². The van der Waals surface area contributed by atoms with Crippen LogP contribution in [0, 0.1) is 11.3 Å². The number of nitrogens with one attached hydrogen (secondary N) is 1. The summed E-state index contributed by atoms with van der Waals surface area (Å²) >= 11 is 0. The van der Waals surface area contributed by atoms with Gasteiger partial charge in [0.05, 0.1) is 6.07 Å². The van der Waals surface area contributed by atoms with Crippen molar-refractivity contribution in [2.45, 2.75) is 44.8 Å². The summed E-state index contributed by atoms with van der Waals surface area (Å²) in [7, 11) is 0. The topological polar surface area (TPSA) is 45.0 Å². The largest absolute Gasteiger partial charge is 0.411 e. The standard InChI is InChI=1S/C11H19F3N2O/c1-3-10(8-15,16-4-2)6-5-7-17-9-11(12,13)14/h16H,3-7,9H2,1-2H3. The summed E-state index contributed by atoms with van der Waals surface area (Å²) in [6, 6.07) is 2.18. The normalized spacial score (nSPS) is 15.3. The maximum Gasteiger partial charge on any atom is 0.411 e. The molecular formula is C11H19F3N2O. The van der Waals surface area contributed by atoms with Crippen molar-refractivity contribution >= 4 is 0 Å². The molecule has 0 rings (SSSR count). The van der Waals surface area contributed by atoms with Gasteiger partial charge in [0.2, 0.25) is 0 Å². The third-order valence-corrected chi connectivity index (χ3v) is 2.49. The molecule has 1 unspecified atom stereocenters. The highest BCUT2D eigenvalue weighted by Gasteiger charge is 2.28. The van der Waals surface area contributed by atoms with E-state index in [1.807, 2.05) is 13.8 Å². The first-order valence-corrected chi connectivity index (χ1v) is 5.70. The molecule has 1 atom stereocenters. The summed E-state index contributed by atoms with van der Waals surface area (Å²) < 4.78 is 39.8. The zero-order valence-corrected chi connectivity index (χ0v) is 10.2. The molecule has 0 radical (unpaired) electrons. The lowest BCUT2D eigenvalue weighted by atomic mass is 9.92. The van der Waals surface area contributed by atoms with E-state index < -0.39 is 18.3 Å². The van der Waals surface area contributed by atoms with Crippen molar-refractivity contribution in [2.75, 3.05) is 19.8 Å². The van der Waals surface area contributed by atoms with E-state index in [1.54, 1.807) is 0 Å². The Morgan fingerprint density at radius 1 is 1.29 bits per heavy atom. The Kier molecular flexibility index (Phi) is 7.16. The van der Waals surface area contributed by atoms with Crippen LogP contribution in [0.15, 0.2) is 0 Å². The fourth-order valence-corrected chi connectivity index (χ4v) is 1.57. The first kappa shape index (κ1) is 16.2. The number of hydrogen-bond donors (Lipinski definition) is 1. The van der Waals surface area contributed by atoms with Crippen molar-refractivity contribution in [3.63, 3.8) is 0 Å². The van der Waals surface area contributed by atoms with Gasteiger partial charge in [0.1, 0.15) is 12.1 Å². The molecule has 0 aromatic rings. The fraction of sp³-hybridized carbons (Fsp3) is 0.909. The Bertz CT molecular complexity index is 250. The quantitative estimate of drug-likeness (QED) is 0.675. The van der Waals surface area contributed by atoms with Gasteiger partial charge in [-0.05, 0) is 25.8 Å². The van der Waals surface area contributed by atoms with E-state index >= 15 is 0 Å². The monoisotopic (exact) mass is 252 g/mol. The molecule has 0 aliphatic rings. The van der Waals surface area contributed by atoms with Gasteiger partial charge in [-0.3, -0.25) is 5.32 Å². The van der Waals surface area contributed by atoms with Gasteiger partial charge >= 0.3 is 6.18 Å². The zero-order chi connectivity index (χ0) is 13.4. The molecule has 1 N–H and O–H groups in total. The fourth-order valence-electron chi connectivity index (χ4n) is 1.57. The van der Waals surface area contributed by atoms with Gasteiger partial charge in [0, 0.05) is 6.61 Å². The Labute approximate surface area is 99.9 Å². The van der Waals surface area contributed by atoms with Crippen molar-refractivity contribution in [1.82, 2.24) is 5.32 Å². The van der Waals surface area contributed by atoms with Crippen LogP contribution in [0.25, 0.3) is 0 Å². The molecule has 0 amide bonds. The molecule has 0 spiro atoms. The summed E-state index contributed by atoms with van der Waals surface area (Å²) in [4.78, 5) is 0. The van der Waals surface area contributed by atoms with Crippen LogP contribution in [0.3, 0.4) is 0 Å². The predicted molar refractivity (Wildman–Crippen MR) is 58.4 cm³/mol. The molecule has 0 aliphatic heterocycles. The minimum atomic E-state index is -4.28. The van der Waals surface area contributed by atoms with Crippen molar-refractivity contribution < 1.29 is 17.9 Å². The van der Waals surface area contributed by atoms with Crippen LogP contribution in [-0.2, 0) is 4.74 Å². The lowest BCUT2D eigenvalue weighted by Crippen LogP contribution is -2.43. The molecule has 0 bridgehead atoms. The summed E-state index contributed by atoms with van der Waals surface area (Å²) in [5.41, 5.74) is -0.643. The van der Waals surface area contributed by atoms with E-state index in [4.69, 9.17) is 5.26 Å². The number of rotatable bonds is 8. The van der Waals surface area contributed by atoms with Gasteiger partial charge < -0.3 is 4.74 Å². The molecule has 3 nitrogen and oxygen atoms in total. The summed E-state index contributed by atoms with van der Waals surface area (Å²) in [5.74, 6) is 0. The molecule has 0 aliphatic carbocycles. The Morgan fingerprint density at radius 3 is 2.35 bits per heavy atom. The maximum atomic E-state index is 11.8. The molecule has 0 saturated carbocycles. The van der Waals surface area contributed by atoms with Crippen molar-refractivity contribution in [2.24, 2.45) is 0 Å². The van der Waals surface area contributed by atoms with Crippen LogP contribution in [-0.4, -0.2) is 31.5 Å². The van der Waals surface area contributed by atoms with Gasteiger partial charge in [0.15, 0.2) is 0 Å². The summed E-state index contributed by atoms with van der Waals surface area (Å²) in [6.07, 6.45) is -2.73. The molecule has 6 heteroatoms. The predicted octanol–water partition coefficient (Wildman–Crippen LogP) is 2.63. The molecule has 0 fully saturated rings. The maximum absolute atomic E-state index is 11.8. The Morgan fingerprint density at radius 2 is 1.94 bits per heavy atom. The molecule has 100 valence electrons. The van der Waals surface area contributed by atoms with Gasteiger partial charge in [-0.15, -0.1) is 0 Å². The molecular weight excluding hydrogens is 233 g/mol. The van der Waals surface area contributed by atoms with Crippen LogP contribution in [0.5, 0.6) is 0 Å². The number of nitrogens with zero attached hydrogens (tertiary/aromatic N) is 1. The van der Waals surface area contributed by atoms with E-state index in [1.165, 1.54) is 0 Å². The number of hydrogen-bond acceptors (Lipinski definition) is 3. The van der Waals surface area contributed by atoms with Crippen LogP contribution in [0.1, 0.15) is 33.1 Å². The minimum Gasteiger partial charge on any atom is -0.372 e. The van der Waals surface area contributed by atoms with Crippen molar-refractivity contribution in [1.29, 1.82) is 5.26 Å². The molecule has 0 heterocycles. The molecule has 0 saturated heterocycles. The molecule has 0 aromatic heterocycles. The van der Waals surface area contributed by atoms with Gasteiger partial charge in [-0.2, -0.15) is 18.4 Å². The van der Waals surface area contributed by atoms with E-state index in [0.29, 0.717) is 25.8 Å². The number of nitriles is 1. The highest BCUT2D eigenvalue weighted by Crippen LogP contribution is 2.18. The van der Waals surface area contributed by atoms with E-state index in [9.17, 15) is 13.2 Å². The van der Waals surface area contributed by atoms with Gasteiger partial charge in [0.25, 0.3) is 0 Å². The van der Waals surface area contributed by atoms with Crippen LogP contribution >= 0.6 is 0 Å². The SMILES string of the molecule is CCNC(C#N)(CC)CCCOCC(F)(F)F. The second-order valence-electron chi connectivity index (χ2n) is 3.85. The lowest BCUT2D eigenvalue weighted by molar-refractivity contribution is -0.174. The van der Waals surface area contributed by atoms with E-state index in [0.717, 1.165) is 0 Å². The second kappa shape index (κ2) is 7.51. The minimum absolute atomic E-state index is 0.0222. The van der Waals surface area contributed by atoms with Crippen LogP contribution in [0.4, 0.5) is 13.2 Å². The summed E-state index contributed by atoms with van der Waals surface area (Å²) in [5, 5.41) is 12.1. The third kappa shape index (κ3) is 7.18. The number of alkyl halides is 3. The van der Waals surface area contributed by atoms with Crippen molar-refractivity contribution in [3.05, 3.63) is 0 Å². The zero-order valence-electron chi connectivity index (χ0n) is 10.2. The second-order valence-corrected chi connectivity index (χ2v) is 3.85. The Hall–Kier alpha value is -0.800. The number of ether oxygens (including phenoxy) is 1. The lowest BCUT2D eigenvalue weighted by Gasteiger charge is -2.25. The average Bonchev–Trinajstić information content (AvgIpc) is 2.26. The van der Waals surface area contributed by atoms with Gasteiger partial charge in [-0.1, -0.05) is 13.8 Å². The first-order valence-electron chi connectivity index (χ1n) is 5.70. The van der Waals surface area contributed by atoms with Crippen molar-refractivity contribution in [3.8, 4) is 6.07 Å². The molecule has 0 aromatic carbocycles. The Balaban J connectivity index is 3.88. The summed E-state index contributed by atoms with van der Waals surface area (Å²) in [6.45, 7) is 3.23. The average molecular weight is 252 g/mol.